The van der Waals surface area contributed by atoms with Crippen LogP contribution < -0.4 is 20.7 Å². The van der Waals surface area contributed by atoms with Gasteiger partial charge in [0.15, 0.2) is 0 Å². The fourth-order valence-electron chi connectivity index (χ4n) is 6.68. The monoisotopic (exact) mass is 629 g/mol. The Morgan fingerprint density at radius 1 is 1.14 bits per heavy atom. The Morgan fingerprint density at radius 2 is 1.91 bits per heavy atom. The number of amides is 2. The van der Waals surface area contributed by atoms with Gasteiger partial charge in [-0.15, -0.1) is 0 Å². The van der Waals surface area contributed by atoms with Crippen molar-refractivity contribution in [2.45, 2.75) is 42.7 Å². The van der Waals surface area contributed by atoms with E-state index >= 15 is 4.39 Å². The maximum atomic E-state index is 15.9. The van der Waals surface area contributed by atoms with Crippen molar-refractivity contribution in [3.8, 4) is 5.75 Å². The molecule has 8 nitrogen and oxygen atoms in total. The molecule has 2 fully saturated rings. The molecule has 1 saturated carbocycles. The van der Waals surface area contributed by atoms with Crippen LogP contribution in [-0.4, -0.2) is 48.8 Å². The zero-order chi connectivity index (χ0) is 30.7. The Bertz CT molecular complexity index is 1670. The number of rotatable bonds is 8. The van der Waals surface area contributed by atoms with Crippen LogP contribution >= 0.6 is 23.2 Å². The van der Waals surface area contributed by atoms with Gasteiger partial charge in [0, 0.05) is 28.1 Å². The van der Waals surface area contributed by atoms with Gasteiger partial charge < -0.3 is 25.8 Å². The van der Waals surface area contributed by atoms with E-state index in [4.69, 9.17) is 27.9 Å². The number of halogens is 4. The number of aromatic carboxylic acids is 1. The second-order valence-corrected chi connectivity index (χ2v) is 12.2. The number of fused-ring (bicyclic) bond motifs is 2. The summed E-state index contributed by atoms with van der Waals surface area (Å²) in [4.78, 5) is 39.9. The Labute approximate surface area is 255 Å². The topological polar surface area (TPSA) is 117 Å². The normalized spacial score (nSPS) is 24.9. The maximum Gasteiger partial charge on any atom is 0.335 e. The summed E-state index contributed by atoms with van der Waals surface area (Å²) in [5.74, 6) is -4.09. The number of hydrogen-bond donors (Lipinski definition) is 4. The number of alkyl halides is 1. The number of benzene rings is 3. The molecule has 1 aliphatic carbocycles. The van der Waals surface area contributed by atoms with Crippen LogP contribution in [0.3, 0.4) is 0 Å². The molecular weight excluding hydrogens is 603 g/mol. The smallest absolute Gasteiger partial charge is 0.335 e. The lowest BCUT2D eigenvalue weighted by Gasteiger charge is -2.36. The molecule has 43 heavy (non-hydrogen) atoms. The predicted molar refractivity (Wildman–Crippen MR) is 157 cm³/mol. The van der Waals surface area contributed by atoms with Crippen molar-refractivity contribution in [3.05, 3.63) is 87.2 Å². The minimum atomic E-state index is -1.53. The second kappa shape index (κ2) is 10.8. The Hall–Kier alpha value is -3.73. The number of carboxylic acids is 1. The van der Waals surface area contributed by atoms with Crippen molar-refractivity contribution in [1.82, 2.24) is 5.32 Å². The van der Waals surface area contributed by atoms with Crippen LogP contribution in [0.15, 0.2) is 54.6 Å². The summed E-state index contributed by atoms with van der Waals surface area (Å²) in [6.07, 6.45) is 1.46. The first-order chi connectivity index (χ1) is 20.5. The zero-order valence-electron chi connectivity index (χ0n) is 22.8. The molecule has 2 heterocycles. The van der Waals surface area contributed by atoms with Gasteiger partial charge >= 0.3 is 5.97 Å². The quantitative estimate of drug-likeness (QED) is 0.245. The molecule has 0 radical (unpaired) electrons. The third-order valence-corrected chi connectivity index (χ3v) is 9.52. The summed E-state index contributed by atoms with van der Waals surface area (Å²) in [6, 6.07) is 11.3. The van der Waals surface area contributed by atoms with Crippen LogP contribution in [0, 0.1) is 11.2 Å². The Balaban J connectivity index is 1.52. The van der Waals surface area contributed by atoms with Crippen LogP contribution in [0.25, 0.3) is 0 Å². The first kappa shape index (κ1) is 29.3. The number of methoxy groups -OCH3 is 1. The standard InChI is InChI=1S/C31H27Cl2F2N3O5/c1-43-22-11-15(28(40)41)5-8-20(22)36-27(39)26-24(17-3-2-4-19(33)25(17)35)31(23(38-26)13-30(14-34)9-10-30)18-7-6-16(32)12-21(18)37-29(31)42/h2-8,11-12,23-24,26,38H,9-10,13-14H2,1H3,(H,36,39)(H,37,42)(H,40,41)/t23-,24-,26+,31?/m0/s1. The molecule has 2 aliphatic heterocycles. The molecule has 2 amide bonds. The molecule has 1 saturated heterocycles. The molecule has 224 valence electrons. The van der Waals surface area contributed by atoms with E-state index in [-0.39, 0.29) is 34.0 Å². The molecule has 1 spiro atoms. The van der Waals surface area contributed by atoms with Gasteiger partial charge in [0.2, 0.25) is 11.8 Å². The van der Waals surface area contributed by atoms with Crippen LogP contribution in [0.2, 0.25) is 10.0 Å². The summed E-state index contributed by atoms with van der Waals surface area (Å²) in [5.41, 5.74) is -1.10. The third kappa shape index (κ3) is 4.72. The van der Waals surface area contributed by atoms with E-state index in [0.717, 1.165) is 0 Å². The van der Waals surface area contributed by atoms with Gasteiger partial charge in [0.1, 0.15) is 17.0 Å². The maximum absolute atomic E-state index is 15.9. The van der Waals surface area contributed by atoms with E-state index in [1.807, 2.05) is 0 Å². The van der Waals surface area contributed by atoms with E-state index in [0.29, 0.717) is 29.1 Å². The van der Waals surface area contributed by atoms with E-state index in [9.17, 15) is 23.9 Å². The average Bonchev–Trinajstić information content (AvgIpc) is 3.60. The summed E-state index contributed by atoms with van der Waals surface area (Å²) in [7, 11) is 1.33. The number of nitrogens with one attached hydrogen (secondary N) is 3. The van der Waals surface area contributed by atoms with E-state index in [1.54, 1.807) is 24.3 Å². The minimum Gasteiger partial charge on any atom is -0.495 e. The number of ether oxygens (including phenoxy) is 1. The van der Waals surface area contributed by atoms with Crippen LogP contribution in [0.5, 0.6) is 5.75 Å². The second-order valence-electron chi connectivity index (χ2n) is 11.4. The first-order valence-corrected chi connectivity index (χ1v) is 14.4. The van der Waals surface area contributed by atoms with Gasteiger partial charge in [0.25, 0.3) is 0 Å². The highest BCUT2D eigenvalue weighted by molar-refractivity contribution is 6.31. The lowest BCUT2D eigenvalue weighted by molar-refractivity contribution is -0.122. The fraction of sp³-hybridized carbons (Fsp3) is 0.323. The average molecular weight is 630 g/mol. The number of carbonyl (C=O) groups is 3. The van der Waals surface area contributed by atoms with Crippen molar-refractivity contribution < 1.29 is 33.0 Å². The predicted octanol–water partition coefficient (Wildman–Crippen LogP) is 5.93. The van der Waals surface area contributed by atoms with Gasteiger partial charge in [-0.1, -0.05) is 41.4 Å². The summed E-state index contributed by atoms with van der Waals surface area (Å²) < 4.78 is 35.6. The highest BCUT2D eigenvalue weighted by atomic mass is 35.5. The number of carbonyl (C=O) groups excluding carboxylic acids is 2. The Morgan fingerprint density at radius 3 is 2.58 bits per heavy atom. The lowest BCUT2D eigenvalue weighted by Crippen LogP contribution is -2.49. The number of carboxylic acid groups (broad SMARTS) is 1. The molecule has 12 heteroatoms. The molecule has 1 unspecified atom stereocenters. The number of hydrogen-bond acceptors (Lipinski definition) is 5. The van der Waals surface area contributed by atoms with Crippen LogP contribution in [0.1, 0.15) is 46.7 Å². The van der Waals surface area contributed by atoms with Crippen molar-refractivity contribution in [1.29, 1.82) is 0 Å². The summed E-state index contributed by atoms with van der Waals surface area (Å²) in [5, 5.41) is 18.5. The minimum absolute atomic E-state index is 0.0406. The van der Waals surface area contributed by atoms with Crippen molar-refractivity contribution in [2.75, 3.05) is 24.4 Å². The highest BCUT2D eigenvalue weighted by Gasteiger charge is 2.67. The fourth-order valence-corrected chi connectivity index (χ4v) is 7.03. The van der Waals surface area contributed by atoms with E-state index in [2.05, 4.69) is 16.0 Å². The van der Waals surface area contributed by atoms with Crippen molar-refractivity contribution in [3.63, 3.8) is 0 Å². The molecule has 0 bridgehead atoms. The van der Waals surface area contributed by atoms with E-state index < -0.39 is 59.1 Å². The Kier molecular flexibility index (Phi) is 7.35. The van der Waals surface area contributed by atoms with Crippen molar-refractivity contribution >= 4 is 52.4 Å². The van der Waals surface area contributed by atoms with Gasteiger partial charge in [-0.2, -0.15) is 0 Å². The van der Waals surface area contributed by atoms with Crippen LogP contribution in [0.4, 0.5) is 20.2 Å². The molecule has 4 atom stereocenters. The van der Waals surface area contributed by atoms with Gasteiger partial charge in [-0.05, 0) is 66.8 Å². The number of anilines is 2. The molecule has 0 aromatic heterocycles. The lowest BCUT2D eigenvalue weighted by atomic mass is 9.63. The van der Waals surface area contributed by atoms with E-state index in [1.165, 1.54) is 37.4 Å². The molecule has 3 aromatic rings. The van der Waals surface area contributed by atoms with Crippen LogP contribution in [-0.2, 0) is 15.0 Å². The molecule has 6 rings (SSSR count). The molecule has 3 aliphatic rings. The van der Waals surface area contributed by atoms with Crippen molar-refractivity contribution in [2.24, 2.45) is 5.41 Å². The molecule has 3 aromatic carbocycles. The molecular formula is C31H27Cl2F2N3O5. The first-order valence-electron chi connectivity index (χ1n) is 13.6. The van der Waals surface area contributed by atoms with Gasteiger partial charge in [-0.3, -0.25) is 14.0 Å². The SMILES string of the molecule is COc1cc(C(=O)O)ccc1NC(=O)[C@@H]1N[C@@H](CC2(CF)CC2)C2(C(=O)Nc3cc(Cl)ccc32)[C@H]1c1cccc(Cl)c1F. The summed E-state index contributed by atoms with van der Waals surface area (Å²) in [6.45, 7) is -0.601. The van der Waals surface area contributed by atoms with Gasteiger partial charge in [0.05, 0.1) is 36.1 Å². The highest BCUT2D eigenvalue weighted by Crippen LogP contribution is 2.60. The molecule has 4 N–H and O–H groups in total. The zero-order valence-corrected chi connectivity index (χ0v) is 24.4. The van der Waals surface area contributed by atoms with Gasteiger partial charge in [-0.25, -0.2) is 9.18 Å². The largest absolute Gasteiger partial charge is 0.495 e. The summed E-state index contributed by atoms with van der Waals surface area (Å²) >= 11 is 12.5. The third-order valence-electron chi connectivity index (χ3n) is 8.99.